The van der Waals surface area contributed by atoms with E-state index < -0.39 is 0 Å². The van der Waals surface area contributed by atoms with Crippen molar-refractivity contribution in [1.29, 1.82) is 0 Å². The van der Waals surface area contributed by atoms with Crippen molar-refractivity contribution in [2.45, 2.75) is 38.1 Å². The summed E-state index contributed by atoms with van der Waals surface area (Å²) in [6, 6.07) is 7.57. The van der Waals surface area contributed by atoms with Crippen LogP contribution >= 0.6 is 11.8 Å². The van der Waals surface area contributed by atoms with E-state index in [2.05, 4.69) is 15.5 Å². The average Bonchev–Trinajstić information content (AvgIpc) is 3.04. The molecule has 1 heterocycles. The molecule has 0 bridgehead atoms. The van der Waals surface area contributed by atoms with Gasteiger partial charge in [0.25, 0.3) is 0 Å². The predicted molar refractivity (Wildman–Crippen MR) is 93.6 cm³/mol. The molecule has 7 nitrogen and oxygen atoms in total. The van der Waals surface area contributed by atoms with Gasteiger partial charge in [0.2, 0.25) is 11.1 Å². The molecular formula is C16H23N5O2S. The summed E-state index contributed by atoms with van der Waals surface area (Å²) in [5.41, 5.74) is 0.759. The molecule has 130 valence electrons. The Balaban J connectivity index is 2.24. The number of hydrogen-bond acceptors (Lipinski definition) is 6. The normalized spacial score (nSPS) is 12.0. The zero-order valence-corrected chi connectivity index (χ0v) is 15.3. The lowest BCUT2D eigenvalue weighted by Gasteiger charge is -2.22. The van der Waals surface area contributed by atoms with Crippen LogP contribution in [-0.4, -0.2) is 56.0 Å². The van der Waals surface area contributed by atoms with E-state index in [4.69, 9.17) is 4.74 Å². The topological polar surface area (TPSA) is 73.1 Å². The summed E-state index contributed by atoms with van der Waals surface area (Å²) in [4.78, 5) is 14.3. The number of thioether (sulfide) groups is 1. The first-order chi connectivity index (χ1) is 11.6. The molecule has 0 saturated heterocycles. The molecule has 1 aromatic heterocycles. The summed E-state index contributed by atoms with van der Waals surface area (Å²) in [5, 5.41) is 12.2. The SMILES string of the molecule is CCOc1ccccc1-n1nnnc1SC(C)C(=O)N(CC)CC. The molecule has 1 unspecified atom stereocenters. The summed E-state index contributed by atoms with van der Waals surface area (Å²) in [5.74, 6) is 0.787. The zero-order valence-electron chi connectivity index (χ0n) is 14.5. The Morgan fingerprint density at radius 2 is 2.00 bits per heavy atom. The molecule has 1 atom stereocenters. The van der Waals surface area contributed by atoms with E-state index in [0.717, 1.165) is 5.69 Å². The lowest BCUT2D eigenvalue weighted by atomic mass is 10.3. The molecule has 0 aliphatic carbocycles. The number of aromatic nitrogens is 4. The van der Waals surface area contributed by atoms with Gasteiger partial charge in [0.15, 0.2) is 0 Å². The molecular weight excluding hydrogens is 326 g/mol. The molecule has 0 aliphatic heterocycles. The molecule has 0 saturated carbocycles. The largest absolute Gasteiger partial charge is 0.492 e. The number of carbonyl (C=O) groups is 1. The molecule has 8 heteroatoms. The summed E-state index contributed by atoms with van der Waals surface area (Å²) in [7, 11) is 0. The number of benzene rings is 1. The van der Waals surface area contributed by atoms with Gasteiger partial charge in [0.05, 0.1) is 11.9 Å². The quantitative estimate of drug-likeness (QED) is 0.682. The lowest BCUT2D eigenvalue weighted by molar-refractivity contribution is -0.129. The maximum atomic E-state index is 12.5. The van der Waals surface area contributed by atoms with Crippen molar-refractivity contribution in [3.8, 4) is 11.4 Å². The van der Waals surface area contributed by atoms with Crippen LogP contribution in [0.4, 0.5) is 0 Å². The third-order valence-electron chi connectivity index (χ3n) is 3.54. The third kappa shape index (κ3) is 4.05. The Labute approximate surface area is 146 Å². The fourth-order valence-corrected chi connectivity index (χ4v) is 3.20. The zero-order chi connectivity index (χ0) is 17.5. The standard InChI is InChI=1S/C16H23N5O2S/c1-5-20(6-2)15(22)12(4)24-16-17-18-19-21(16)13-10-8-9-11-14(13)23-7-3/h8-12H,5-7H2,1-4H3. The first-order valence-corrected chi connectivity index (χ1v) is 8.96. The van der Waals surface area contributed by atoms with Crippen molar-refractivity contribution in [2.24, 2.45) is 0 Å². The van der Waals surface area contributed by atoms with Gasteiger partial charge in [-0.15, -0.1) is 5.10 Å². The fraction of sp³-hybridized carbons (Fsp3) is 0.500. The molecule has 1 aromatic carbocycles. The first-order valence-electron chi connectivity index (χ1n) is 8.08. The Kier molecular flexibility index (Phi) is 6.60. The van der Waals surface area contributed by atoms with E-state index in [1.807, 2.05) is 52.0 Å². The number of tetrazole rings is 1. The highest BCUT2D eigenvalue weighted by Gasteiger charge is 2.23. The van der Waals surface area contributed by atoms with Crippen LogP contribution in [0.5, 0.6) is 5.75 Å². The molecule has 1 amide bonds. The molecule has 0 radical (unpaired) electrons. The minimum atomic E-state index is -0.270. The Bertz CT molecular complexity index is 672. The van der Waals surface area contributed by atoms with Gasteiger partial charge in [-0.3, -0.25) is 4.79 Å². The van der Waals surface area contributed by atoms with Gasteiger partial charge >= 0.3 is 0 Å². The third-order valence-corrected chi connectivity index (χ3v) is 4.56. The van der Waals surface area contributed by atoms with E-state index in [0.29, 0.717) is 30.6 Å². The highest BCUT2D eigenvalue weighted by atomic mass is 32.2. The van der Waals surface area contributed by atoms with E-state index in [1.165, 1.54) is 11.8 Å². The molecule has 2 rings (SSSR count). The summed E-state index contributed by atoms with van der Waals surface area (Å²) in [6.07, 6.45) is 0. The van der Waals surface area contributed by atoms with Crippen LogP contribution in [0.3, 0.4) is 0 Å². The van der Waals surface area contributed by atoms with E-state index in [1.54, 1.807) is 9.58 Å². The highest BCUT2D eigenvalue weighted by Crippen LogP contribution is 2.28. The van der Waals surface area contributed by atoms with Gasteiger partial charge in [0, 0.05) is 13.1 Å². The summed E-state index contributed by atoms with van der Waals surface area (Å²) < 4.78 is 7.25. The minimum absolute atomic E-state index is 0.0812. The number of carbonyl (C=O) groups excluding carboxylic acids is 1. The predicted octanol–water partition coefficient (Wildman–Crippen LogP) is 2.41. The Morgan fingerprint density at radius 1 is 1.29 bits per heavy atom. The molecule has 0 aliphatic rings. The van der Waals surface area contributed by atoms with Crippen LogP contribution in [0.15, 0.2) is 29.4 Å². The maximum absolute atomic E-state index is 12.5. The lowest BCUT2D eigenvalue weighted by Crippen LogP contribution is -2.36. The number of amides is 1. The maximum Gasteiger partial charge on any atom is 0.235 e. The fourth-order valence-electron chi connectivity index (χ4n) is 2.31. The van der Waals surface area contributed by atoms with Crippen LogP contribution in [0.2, 0.25) is 0 Å². The smallest absolute Gasteiger partial charge is 0.235 e. The van der Waals surface area contributed by atoms with E-state index in [-0.39, 0.29) is 11.2 Å². The molecule has 24 heavy (non-hydrogen) atoms. The average molecular weight is 349 g/mol. The van der Waals surface area contributed by atoms with Crippen molar-refractivity contribution in [2.75, 3.05) is 19.7 Å². The Hall–Kier alpha value is -2.09. The van der Waals surface area contributed by atoms with E-state index in [9.17, 15) is 4.79 Å². The monoisotopic (exact) mass is 349 g/mol. The van der Waals surface area contributed by atoms with Gasteiger partial charge in [0.1, 0.15) is 11.4 Å². The number of ether oxygens (including phenoxy) is 1. The van der Waals surface area contributed by atoms with Gasteiger partial charge in [-0.25, -0.2) is 0 Å². The second-order valence-electron chi connectivity index (χ2n) is 5.04. The number of hydrogen-bond donors (Lipinski definition) is 0. The van der Waals surface area contributed by atoms with Crippen LogP contribution in [0, 0.1) is 0 Å². The highest BCUT2D eigenvalue weighted by molar-refractivity contribution is 8.00. The van der Waals surface area contributed by atoms with Crippen molar-refractivity contribution in [3.05, 3.63) is 24.3 Å². The summed E-state index contributed by atoms with van der Waals surface area (Å²) >= 11 is 1.35. The molecule has 2 aromatic rings. The molecule has 0 fully saturated rings. The van der Waals surface area contributed by atoms with E-state index >= 15 is 0 Å². The van der Waals surface area contributed by atoms with Crippen LogP contribution < -0.4 is 4.74 Å². The van der Waals surface area contributed by atoms with Gasteiger partial charge in [-0.05, 0) is 50.3 Å². The van der Waals surface area contributed by atoms with Crippen LogP contribution in [-0.2, 0) is 4.79 Å². The summed E-state index contributed by atoms with van der Waals surface area (Å²) in [6.45, 7) is 9.69. The van der Waals surface area contributed by atoms with Crippen LogP contribution in [0.25, 0.3) is 5.69 Å². The number of para-hydroxylation sites is 2. The van der Waals surface area contributed by atoms with Gasteiger partial charge in [-0.1, -0.05) is 23.9 Å². The minimum Gasteiger partial charge on any atom is -0.492 e. The molecule has 0 N–H and O–H groups in total. The van der Waals surface area contributed by atoms with Crippen molar-refractivity contribution in [3.63, 3.8) is 0 Å². The second-order valence-corrected chi connectivity index (χ2v) is 6.35. The number of nitrogens with zero attached hydrogens (tertiary/aromatic N) is 5. The van der Waals surface area contributed by atoms with Crippen molar-refractivity contribution >= 4 is 17.7 Å². The Morgan fingerprint density at radius 3 is 2.67 bits per heavy atom. The second kappa shape index (κ2) is 8.68. The number of rotatable bonds is 8. The van der Waals surface area contributed by atoms with Gasteiger partial charge < -0.3 is 9.64 Å². The van der Waals surface area contributed by atoms with Crippen molar-refractivity contribution in [1.82, 2.24) is 25.1 Å². The van der Waals surface area contributed by atoms with Gasteiger partial charge in [-0.2, -0.15) is 4.68 Å². The first kappa shape index (κ1) is 18.3. The van der Waals surface area contributed by atoms with Crippen LogP contribution in [0.1, 0.15) is 27.7 Å². The van der Waals surface area contributed by atoms with Crippen molar-refractivity contribution < 1.29 is 9.53 Å². The molecule has 0 spiro atoms.